The number of ether oxygens (including phenoxy) is 2. The summed E-state index contributed by atoms with van der Waals surface area (Å²) < 4.78 is 12.1. The van der Waals surface area contributed by atoms with Crippen LogP contribution >= 0.6 is 11.6 Å². The van der Waals surface area contributed by atoms with Gasteiger partial charge in [-0.2, -0.15) is 0 Å². The van der Waals surface area contributed by atoms with Crippen LogP contribution < -0.4 is 14.8 Å². The van der Waals surface area contributed by atoms with E-state index in [0.29, 0.717) is 46.8 Å². The number of rotatable bonds is 8. The molecule has 1 aliphatic rings. The highest BCUT2D eigenvalue weighted by Gasteiger charge is 2.38. The molecule has 1 aliphatic heterocycles. The number of hydrogen-bond donors (Lipinski definition) is 1. The zero-order valence-electron chi connectivity index (χ0n) is 20.9. The molecule has 0 bridgehead atoms. The van der Waals surface area contributed by atoms with Gasteiger partial charge in [0.2, 0.25) is 0 Å². The fourth-order valence-electron chi connectivity index (χ4n) is 5.32. The molecule has 0 spiro atoms. The molecule has 1 heterocycles. The number of carbonyl (C=O) groups is 1. The SMILES string of the molecule is CC1(C)CC(CC(=O)c2ccc(Oc3ccccc3OCc3ccccc3)c(Cl)c2)CC(C)(C)N1. The van der Waals surface area contributed by atoms with E-state index in [1.165, 1.54) is 0 Å². The fraction of sp³-hybridized carbons (Fsp3) is 0.367. The van der Waals surface area contributed by atoms with Crippen LogP contribution in [0.2, 0.25) is 5.02 Å². The minimum atomic E-state index is 0.0119. The van der Waals surface area contributed by atoms with Crippen molar-refractivity contribution >= 4 is 17.4 Å². The second-order valence-corrected chi connectivity index (χ2v) is 11.2. The Balaban J connectivity index is 1.43. The van der Waals surface area contributed by atoms with Crippen molar-refractivity contribution in [2.45, 2.75) is 64.6 Å². The molecule has 1 fully saturated rings. The lowest BCUT2D eigenvalue weighted by atomic mass is 9.74. The van der Waals surface area contributed by atoms with E-state index in [-0.39, 0.29) is 16.9 Å². The molecule has 0 unspecified atom stereocenters. The van der Waals surface area contributed by atoms with E-state index >= 15 is 0 Å². The second-order valence-electron chi connectivity index (χ2n) is 10.8. The molecule has 5 heteroatoms. The van der Waals surface area contributed by atoms with Crippen LogP contribution in [0, 0.1) is 5.92 Å². The van der Waals surface area contributed by atoms with E-state index in [0.717, 1.165) is 18.4 Å². The topological polar surface area (TPSA) is 47.6 Å². The number of benzene rings is 3. The molecule has 4 nitrogen and oxygen atoms in total. The van der Waals surface area contributed by atoms with Crippen LogP contribution in [0.15, 0.2) is 72.8 Å². The monoisotopic (exact) mass is 491 g/mol. The summed E-state index contributed by atoms with van der Waals surface area (Å²) in [4.78, 5) is 13.1. The molecular weight excluding hydrogens is 458 g/mol. The van der Waals surface area contributed by atoms with Gasteiger partial charge in [-0.15, -0.1) is 0 Å². The lowest BCUT2D eigenvalue weighted by Crippen LogP contribution is -2.57. The molecule has 184 valence electrons. The molecule has 3 aromatic carbocycles. The molecule has 3 aromatic rings. The first-order chi connectivity index (χ1) is 16.6. The van der Waals surface area contributed by atoms with Crippen molar-refractivity contribution in [2.75, 3.05) is 0 Å². The maximum absolute atomic E-state index is 13.1. The summed E-state index contributed by atoms with van der Waals surface area (Å²) in [5.41, 5.74) is 1.71. The largest absolute Gasteiger partial charge is 0.485 e. The summed E-state index contributed by atoms with van der Waals surface area (Å²) in [5.74, 6) is 2.14. The van der Waals surface area contributed by atoms with Gasteiger partial charge in [-0.3, -0.25) is 4.79 Å². The average Bonchev–Trinajstić information content (AvgIpc) is 2.78. The Bertz CT molecular complexity index is 1160. The van der Waals surface area contributed by atoms with Crippen molar-refractivity contribution in [1.82, 2.24) is 5.32 Å². The number of ketones is 1. The number of hydrogen-bond acceptors (Lipinski definition) is 4. The van der Waals surface area contributed by atoms with Crippen molar-refractivity contribution < 1.29 is 14.3 Å². The Morgan fingerprint density at radius 1 is 0.886 bits per heavy atom. The lowest BCUT2D eigenvalue weighted by molar-refractivity contribution is 0.0864. The molecule has 1 saturated heterocycles. The van der Waals surface area contributed by atoms with Crippen LogP contribution in [-0.2, 0) is 6.61 Å². The van der Waals surface area contributed by atoms with Crippen molar-refractivity contribution in [3.63, 3.8) is 0 Å². The molecule has 1 N–H and O–H groups in total. The number of piperidine rings is 1. The zero-order valence-corrected chi connectivity index (χ0v) is 21.7. The van der Waals surface area contributed by atoms with Gasteiger partial charge in [0.15, 0.2) is 17.3 Å². The number of halogens is 1. The Hall–Kier alpha value is -2.82. The third-order valence-corrected chi connectivity index (χ3v) is 6.60. The quantitative estimate of drug-likeness (QED) is 0.326. The highest BCUT2D eigenvalue weighted by atomic mass is 35.5. The predicted molar refractivity (Wildman–Crippen MR) is 142 cm³/mol. The van der Waals surface area contributed by atoms with Crippen LogP contribution in [0.1, 0.15) is 62.9 Å². The van der Waals surface area contributed by atoms with Crippen molar-refractivity contribution in [2.24, 2.45) is 5.92 Å². The Kier molecular flexibility index (Phi) is 7.53. The fourth-order valence-corrected chi connectivity index (χ4v) is 5.54. The zero-order chi connectivity index (χ0) is 25.1. The molecule has 35 heavy (non-hydrogen) atoms. The van der Waals surface area contributed by atoms with Crippen molar-refractivity contribution in [3.8, 4) is 17.2 Å². The van der Waals surface area contributed by atoms with Gasteiger partial charge in [0, 0.05) is 23.1 Å². The summed E-state index contributed by atoms with van der Waals surface area (Å²) in [5, 5.41) is 4.08. The maximum atomic E-state index is 13.1. The van der Waals surface area contributed by atoms with E-state index in [2.05, 4.69) is 33.0 Å². The molecule has 0 aromatic heterocycles. The van der Waals surface area contributed by atoms with E-state index in [1.54, 1.807) is 18.2 Å². The lowest BCUT2D eigenvalue weighted by Gasteiger charge is -2.46. The van der Waals surface area contributed by atoms with Gasteiger partial charge in [-0.1, -0.05) is 54.1 Å². The van der Waals surface area contributed by atoms with E-state index in [9.17, 15) is 4.79 Å². The van der Waals surface area contributed by atoms with Gasteiger partial charge in [0.05, 0.1) is 5.02 Å². The van der Waals surface area contributed by atoms with Crippen LogP contribution in [0.5, 0.6) is 17.2 Å². The maximum Gasteiger partial charge on any atom is 0.169 e. The number of carbonyl (C=O) groups excluding carboxylic acids is 1. The van der Waals surface area contributed by atoms with E-state index in [1.807, 2.05) is 54.6 Å². The van der Waals surface area contributed by atoms with Gasteiger partial charge < -0.3 is 14.8 Å². The molecule has 0 radical (unpaired) electrons. The first-order valence-corrected chi connectivity index (χ1v) is 12.5. The molecule has 0 amide bonds. The summed E-state index contributed by atoms with van der Waals surface area (Å²) in [6, 6.07) is 22.8. The van der Waals surface area contributed by atoms with E-state index < -0.39 is 0 Å². The molecule has 0 atom stereocenters. The number of Topliss-reactive ketones (excluding diaryl/α,β-unsaturated/α-hetero) is 1. The van der Waals surface area contributed by atoms with Gasteiger partial charge in [0.1, 0.15) is 12.4 Å². The third kappa shape index (κ3) is 6.87. The van der Waals surface area contributed by atoms with Gasteiger partial charge in [-0.05, 0) is 82.3 Å². The number of para-hydroxylation sites is 2. The van der Waals surface area contributed by atoms with E-state index in [4.69, 9.17) is 21.1 Å². The van der Waals surface area contributed by atoms with Gasteiger partial charge in [-0.25, -0.2) is 0 Å². The first-order valence-electron chi connectivity index (χ1n) is 12.2. The standard InChI is InChI=1S/C30H34ClNO3/c1-29(2)18-22(19-30(3,4)32-29)16-25(33)23-14-15-26(24(31)17-23)35-28-13-9-8-12-27(28)34-20-21-10-6-5-7-11-21/h5-15,17,22,32H,16,18-20H2,1-4H3. The summed E-state index contributed by atoms with van der Waals surface area (Å²) in [7, 11) is 0. The van der Waals surface area contributed by atoms with Crippen molar-refractivity contribution in [3.05, 3.63) is 88.9 Å². The molecule has 0 aliphatic carbocycles. The highest BCUT2D eigenvalue weighted by Crippen LogP contribution is 2.38. The van der Waals surface area contributed by atoms with Gasteiger partial charge in [0.25, 0.3) is 0 Å². The summed E-state index contributed by atoms with van der Waals surface area (Å²) in [6.07, 6.45) is 2.45. The van der Waals surface area contributed by atoms with Crippen LogP contribution in [0.4, 0.5) is 0 Å². The highest BCUT2D eigenvalue weighted by molar-refractivity contribution is 6.32. The minimum Gasteiger partial charge on any atom is -0.485 e. The third-order valence-electron chi connectivity index (χ3n) is 6.31. The molecule has 4 rings (SSSR count). The smallest absolute Gasteiger partial charge is 0.169 e. The summed E-state index contributed by atoms with van der Waals surface area (Å²) in [6.45, 7) is 9.25. The molecule has 0 saturated carbocycles. The Morgan fingerprint density at radius 3 is 2.17 bits per heavy atom. The molecular formula is C30H34ClNO3. The predicted octanol–water partition coefficient (Wildman–Crippen LogP) is 7.84. The minimum absolute atomic E-state index is 0.0119. The van der Waals surface area contributed by atoms with Crippen LogP contribution in [-0.4, -0.2) is 16.9 Å². The average molecular weight is 492 g/mol. The number of nitrogens with one attached hydrogen (secondary N) is 1. The first kappa shape index (κ1) is 25.3. The second kappa shape index (κ2) is 10.4. The summed E-state index contributed by atoms with van der Waals surface area (Å²) >= 11 is 6.55. The van der Waals surface area contributed by atoms with Crippen LogP contribution in [0.25, 0.3) is 0 Å². The van der Waals surface area contributed by atoms with Crippen LogP contribution in [0.3, 0.4) is 0 Å². The van der Waals surface area contributed by atoms with Gasteiger partial charge >= 0.3 is 0 Å². The Morgan fingerprint density at radius 2 is 1.51 bits per heavy atom. The van der Waals surface area contributed by atoms with Crippen molar-refractivity contribution in [1.29, 1.82) is 0 Å². The normalized spacial score (nSPS) is 17.1. The Labute approximate surface area is 213 Å².